The molecule has 4 fully saturated rings. The standard InChI is InChI=1S/C12H21N3O/c16-12(15-5-1-2-6-15)13-11-9-14-7-3-10(11)4-8-14/h10-11H,1-9H2,(H,13,16). The molecule has 0 spiro atoms. The minimum atomic E-state index is 0.177. The van der Waals surface area contributed by atoms with E-state index >= 15 is 0 Å². The van der Waals surface area contributed by atoms with E-state index in [1.54, 1.807) is 0 Å². The molecule has 0 aromatic heterocycles. The Labute approximate surface area is 97.0 Å². The van der Waals surface area contributed by atoms with Crippen LogP contribution in [0.3, 0.4) is 0 Å². The van der Waals surface area contributed by atoms with Gasteiger partial charge in [0, 0.05) is 25.7 Å². The molecule has 1 N–H and O–H groups in total. The van der Waals surface area contributed by atoms with Crippen molar-refractivity contribution in [3.63, 3.8) is 0 Å². The number of nitrogens with one attached hydrogen (secondary N) is 1. The van der Waals surface area contributed by atoms with Gasteiger partial charge in [0.05, 0.1) is 0 Å². The quantitative estimate of drug-likeness (QED) is 0.716. The van der Waals surface area contributed by atoms with E-state index in [0.717, 1.165) is 25.6 Å². The van der Waals surface area contributed by atoms with Crippen molar-refractivity contribution in [2.45, 2.75) is 31.7 Å². The number of hydrogen-bond acceptors (Lipinski definition) is 2. The molecule has 1 unspecified atom stereocenters. The molecule has 16 heavy (non-hydrogen) atoms. The van der Waals surface area contributed by atoms with Crippen LogP contribution < -0.4 is 5.32 Å². The zero-order valence-electron chi connectivity index (χ0n) is 9.82. The van der Waals surface area contributed by atoms with Crippen LogP contribution in [0.4, 0.5) is 4.79 Å². The lowest BCUT2D eigenvalue weighted by molar-refractivity contribution is 0.0738. The van der Waals surface area contributed by atoms with Crippen LogP contribution in [-0.2, 0) is 0 Å². The van der Waals surface area contributed by atoms with Crippen molar-refractivity contribution in [2.75, 3.05) is 32.7 Å². The number of hydrogen-bond donors (Lipinski definition) is 1. The highest BCUT2D eigenvalue weighted by molar-refractivity contribution is 5.74. The molecular weight excluding hydrogens is 202 g/mol. The molecule has 0 aromatic rings. The minimum absolute atomic E-state index is 0.177. The number of carbonyl (C=O) groups is 1. The monoisotopic (exact) mass is 223 g/mol. The lowest BCUT2D eigenvalue weighted by atomic mass is 9.84. The number of carbonyl (C=O) groups excluding carboxylic acids is 1. The van der Waals surface area contributed by atoms with Crippen LogP contribution in [0.1, 0.15) is 25.7 Å². The molecule has 0 saturated carbocycles. The fraction of sp³-hybridized carbons (Fsp3) is 0.917. The Balaban J connectivity index is 1.56. The summed E-state index contributed by atoms with van der Waals surface area (Å²) in [4.78, 5) is 16.4. The third-order valence-corrected chi connectivity index (χ3v) is 4.36. The Morgan fingerprint density at radius 2 is 1.75 bits per heavy atom. The largest absolute Gasteiger partial charge is 0.334 e. The number of nitrogens with zero attached hydrogens (tertiary/aromatic N) is 2. The summed E-state index contributed by atoms with van der Waals surface area (Å²) in [6.45, 7) is 5.45. The number of rotatable bonds is 1. The zero-order chi connectivity index (χ0) is 11.0. The van der Waals surface area contributed by atoms with Crippen molar-refractivity contribution in [2.24, 2.45) is 5.92 Å². The smallest absolute Gasteiger partial charge is 0.317 e. The van der Waals surface area contributed by atoms with Crippen LogP contribution in [-0.4, -0.2) is 54.6 Å². The average molecular weight is 223 g/mol. The first-order valence-corrected chi connectivity index (χ1v) is 6.61. The Kier molecular flexibility index (Phi) is 2.75. The van der Waals surface area contributed by atoms with Gasteiger partial charge in [-0.25, -0.2) is 4.79 Å². The van der Waals surface area contributed by atoms with E-state index in [-0.39, 0.29) is 6.03 Å². The first-order chi connectivity index (χ1) is 7.83. The van der Waals surface area contributed by atoms with E-state index in [2.05, 4.69) is 10.2 Å². The van der Waals surface area contributed by atoms with Crippen LogP contribution >= 0.6 is 0 Å². The second-order valence-electron chi connectivity index (χ2n) is 5.39. The molecular formula is C12H21N3O. The van der Waals surface area contributed by atoms with Crippen molar-refractivity contribution in [3.05, 3.63) is 0 Å². The molecule has 2 bridgehead atoms. The van der Waals surface area contributed by atoms with E-state index in [1.807, 2.05) is 4.90 Å². The first kappa shape index (κ1) is 10.4. The molecule has 4 saturated heterocycles. The van der Waals surface area contributed by atoms with Gasteiger partial charge in [0.1, 0.15) is 0 Å². The fourth-order valence-electron chi connectivity index (χ4n) is 3.30. The summed E-state index contributed by atoms with van der Waals surface area (Å²) in [5.41, 5.74) is 0. The molecule has 0 radical (unpaired) electrons. The van der Waals surface area contributed by atoms with Gasteiger partial charge in [0.15, 0.2) is 0 Å². The summed E-state index contributed by atoms with van der Waals surface area (Å²) in [5, 5.41) is 3.24. The molecule has 90 valence electrons. The van der Waals surface area contributed by atoms with Crippen molar-refractivity contribution in [3.8, 4) is 0 Å². The van der Waals surface area contributed by atoms with E-state index in [9.17, 15) is 4.79 Å². The molecule has 2 amide bonds. The number of urea groups is 1. The Hall–Kier alpha value is -0.770. The predicted octanol–water partition coefficient (Wildman–Crippen LogP) is 0.886. The second-order valence-corrected chi connectivity index (χ2v) is 5.39. The Morgan fingerprint density at radius 1 is 1.06 bits per heavy atom. The van der Waals surface area contributed by atoms with Crippen LogP contribution in [0.25, 0.3) is 0 Å². The molecule has 1 atom stereocenters. The number of fused-ring (bicyclic) bond motifs is 3. The molecule has 0 aliphatic carbocycles. The maximum Gasteiger partial charge on any atom is 0.317 e. The summed E-state index contributed by atoms with van der Waals surface area (Å²) < 4.78 is 0. The lowest BCUT2D eigenvalue weighted by Gasteiger charge is -2.45. The van der Waals surface area contributed by atoms with E-state index in [1.165, 1.54) is 38.8 Å². The second kappa shape index (κ2) is 4.24. The lowest BCUT2D eigenvalue weighted by Crippen LogP contribution is -2.58. The summed E-state index contributed by atoms with van der Waals surface area (Å²) in [5.74, 6) is 0.733. The third kappa shape index (κ3) is 1.90. The van der Waals surface area contributed by atoms with Crippen LogP contribution in [0.5, 0.6) is 0 Å². The highest BCUT2D eigenvalue weighted by Crippen LogP contribution is 2.27. The average Bonchev–Trinajstić information content (AvgIpc) is 2.84. The van der Waals surface area contributed by atoms with Gasteiger partial charge in [-0.15, -0.1) is 0 Å². The molecule has 4 heteroatoms. The van der Waals surface area contributed by atoms with E-state index < -0.39 is 0 Å². The fourth-order valence-corrected chi connectivity index (χ4v) is 3.30. The van der Waals surface area contributed by atoms with Crippen molar-refractivity contribution >= 4 is 6.03 Å². The topological polar surface area (TPSA) is 35.6 Å². The summed E-state index contributed by atoms with van der Waals surface area (Å²) >= 11 is 0. The Bertz CT molecular complexity index is 267. The number of likely N-dealkylation sites (tertiary alicyclic amines) is 1. The molecule has 4 aliphatic rings. The van der Waals surface area contributed by atoms with Crippen LogP contribution in [0, 0.1) is 5.92 Å². The van der Waals surface area contributed by atoms with Gasteiger partial charge in [0.25, 0.3) is 0 Å². The van der Waals surface area contributed by atoms with Gasteiger partial charge in [-0.1, -0.05) is 0 Å². The summed E-state index contributed by atoms with van der Waals surface area (Å²) in [6, 6.07) is 0.590. The predicted molar refractivity (Wildman–Crippen MR) is 62.3 cm³/mol. The molecule has 4 aliphatic heterocycles. The number of piperidine rings is 3. The third-order valence-electron chi connectivity index (χ3n) is 4.36. The van der Waals surface area contributed by atoms with Crippen molar-refractivity contribution < 1.29 is 4.79 Å². The maximum absolute atomic E-state index is 12.0. The van der Waals surface area contributed by atoms with E-state index in [4.69, 9.17) is 0 Å². The Morgan fingerprint density at radius 3 is 2.31 bits per heavy atom. The maximum atomic E-state index is 12.0. The molecule has 4 heterocycles. The molecule has 4 nitrogen and oxygen atoms in total. The zero-order valence-corrected chi connectivity index (χ0v) is 9.82. The van der Waals surface area contributed by atoms with Crippen LogP contribution in [0.15, 0.2) is 0 Å². The normalized spacial score (nSPS) is 37.8. The number of amides is 2. The van der Waals surface area contributed by atoms with Gasteiger partial charge < -0.3 is 15.1 Å². The van der Waals surface area contributed by atoms with Crippen molar-refractivity contribution in [1.82, 2.24) is 15.1 Å². The van der Waals surface area contributed by atoms with Gasteiger partial charge in [-0.3, -0.25) is 0 Å². The van der Waals surface area contributed by atoms with Crippen molar-refractivity contribution in [1.29, 1.82) is 0 Å². The molecule has 0 aromatic carbocycles. The van der Waals surface area contributed by atoms with Gasteiger partial charge in [-0.05, 0) is 44.7 Å². The van der Waals surface area contributed by atoms with Gasteiger partial charge in [-0.2, -0.15) is 0 Å². The van der Waals surface area contributed by atoms with E-state index in [0.29, 0.717) is 6.04 Å². The van der Waals surface area contributed by atoms with Gasteiger partial charge in [0.2, 0.25) is 0 Å². The minimum Gasteiger partial charge on any atom is -0.334 e. The SMILES string of the molecule is O=C(NC1CN2CCC1CC2)N1CCCC1. The highest BCUT2D eigenvalue weighted by Gasteiger charge is 2.35. The van der Waals surface area contributed by atoms with Gasteiger partial charge >= 0.3 is 6.03 Å². The summed E-state index contributed by atoms with van der Waals surface area (Å²) in [6.07, 6.45) is 4.89. The highest BCUT2D eigenvalue weighted by atomic mass is 16.2. The molecule has 4 rings (SSSR count). The van der Waals surface area contributed by atoms with Crippen LogP contribution in [0.2, 0.25) is 0 Å². The first-order valence-electron chi connectivity index (χ1n) is 6.61. The summed E-state index contributed by atoms with van der Waals surface area (Å²) in [7, 11) is 0.